The van der Waals surface area contributed by atoms with Crippen LogP contribution in [0.15, 0.2) is 0 Å². The van der Waals surface area contributed by atoms with E-state index in [2.05, 4.69) is 15.0 Å². The molecule has 0 aliphatic heterocycles. The van der Waals surface area contributed by atoms with E-state index in [1.165, 1.54) is 32.8 Å². The van der Waals surface area contributed by atoms with E-state index in [0.717, 1.165) is 12.1 Å². The Kier molecular flexibility index (Phi) is 5.11. The molecule has 1 N–H and O–H groups in total. The summed E-state index contributed by atoms with van der Waals surface area (Å²) < 4.78 is 6.32. The summed E-state index contributed by atoms with van der Waals surface area (Å²) in [5, 5.41) is 18.0. The molecule has 0 radical (unpaired) electrons. The van der Waals surface area contributed by atoms with Crippen molar-refractivity contribution in [3.05, 3.63) is 11.4 Å². The van der Waals surface area contributed by atoms with Crippen LogP contribution in [0, 0.1) is 5.92 Å². The molecule has 112 valence electrons. The minimum atomic E-state index is -0.474. The Labute approximate surface area is 119 Å². The lowest BCUT2D eigenvalue weighted by molar-refractivity contribution is 0.0592. The Morgan fingerprint density at radius 1 is 1.50 bits per heavy atom. The van der Waals surface area contributed by atoms with Crippen molar-refractivity contribution < 1.29 is 14.6 Å². The smallest absolute Gasteiger partial charge is 0.360 e. The normalized spacial score (nSPS) is 17.4. The molecule has 1 unspecified atom stereocenters. The lowest BCUT2D eigenvalue weighted by Crippen LogP contribution is -2.21. The zero-order valence-electron chi connectivity index (χ0n) is 12.2. The second-order valence-electron chi connectivity index (χ2n) is 5.45. The number of aliphatic hydroxyl groups excluding tert-OH is 1. The first-order valence-corrected chi connectivity index (χ1v) is 7.34. The number of rotatable bonds is 6. The molecule has 1 atom stereocenters. The first-order valence-electron chi connectivity index (χ1n) is 7.34. The fourth-order valence-electron chi connectivity index (χ4n) is 2.99. The molecule has 1 heterocycles. The van der Waals surface area contributed by atoms with Crippen molar-refractivity contribution in [1.29, 1.82) is 0 Å². The maximum atomic E-state index is 11.6. The van der Waals surface area contributed by atoms with E-state index in [9.17, 15) is 9.90 Å². The topological polar surface area (TPSA) is 77.2 Å². The number of aromatic nitrogens is 3. The van der Waals surface area contributed by atoms with E-state index in [-0.39, 0.29) is 5.69 Å². The van der Waals surface area contributed by atoms with Gasteiger partial charge in [-0.2, -0.15) is 0 Å². The summed E-state index contributed by atoms with van der Waals surface area (Å²) >= 11 is 0. The number of carbonyl (C=O) groups excluding carboxylic acids is 1. The molecule has 6 nitrogen and oxygen atoms in total. The SMILES string of the molecule is CCc1c(C(=O)OC)nnn1CC(O)CC1CCCC1. The second-order valence-corrected chi connectivity index (χ2v) is 5.45. The minimum absolute atomic E-state index is 0.253. The number of ether oxygens (including phenoxy) is 1. The Morgan fingerprint density at radius 3 is 2.80 bits per heavy atom. The first-order chi connectivity index (χ1) is 9.65. The van der Waals surface area contributed by atoms with Crippen LogP contribution in [0.2, 0.25) is 0 Å². The van der Waals surface area contributed by atoms with Crippen LogP contribution < -0.4 is 0 Å². The average Bonchev–Trinajstić information content (AvgIpc) is 3.07. The molecular weight excluding hydrogens is 258 g/mol. The van der Waals surface area contributed by atoms with Crippen molar-refractivity contribution in [2.45, 2.75) is 58.1 Å². The van der Waals surface area contributed by atoms with Crippen LogP contribution in [0.1, 0.15) is 55.2 Å². The number of hydrogen-bond acceptors (Lipinski definition) is 5. The van der Waals surface area contributed by atoms with Gasteiger partial charge < -0.3 is 9.84 Å². The van der Waals surface area contributed by atoms with E-state index in [1.54, 1.807) is 4.68 Å². The monoisotopic (exact) mass is 281 g/mol. The zero-order valence-corrected chi connectivity index (χ0v) is 12.2. The fourth-order valence-corrected chi connectivity index (χ4v) is 2.99. The first kappa shape index (κ1) is 15.0. The number of aliphatic hydroxyl groups is 1. The molecule has 1 aromatic rings. The Bertz CT molecular complexity index is 453. The van der Waals surface area contributed by atoms with E-state index >= 15 is 0 Å². The molecule has 2 rings (SSSR count). The third-order valence-corrected chi connectivity index (χ3v) is 4.02. The highest BCUT2D eigenvalue weighted by molar-refractivity contribution is 5.88. The largest absolute Gasteiger partial charge is 0.464 e. The van der Waals surface area contributed by atoms with Gasteiger partial charge in [0.25, 0.3) is 0 Å². The van der Waals surface area contributed by atoms with Gasteiger partial charge in [-0.25, -0.2) is 9.48 Å². The Morgan fingerprint density at radius 2 is 2.20 bits per heavy atom. The standard InChI is InChI=1S/C14H23N3O3/c1-3-12-13(14(19)20-2)15-16-17(12)9-11(18)8-10-6-4-5-7-10/h10-11,18H,3-9H2,1-2H3. The predicted molar refractivity (Wildman–Crippen MR) is 73.3 cm³/mol. The van der Waals surface area contributed by atoms with Gasteiger partial charge in [0.05, 0.1) is 25.5 Å². The van der Waals surface area contributed by atoms with Gasteiger partial charge in [-0.3, -0.25) is 0 Å². The van der Waals surface area contributed by atoms with Gasteiger partial charge in [0.15, 0.2) is 5.69 Å². The number of esters is 1. The molecule has 1 aliphatic rings. The van der Waals surface area contributed by atoms with Gasteiger partial charge in [0.1, 0.15) is 0 Å². The van der Waals surface area contributed by atoms with Gasteiger partial charge in [-0.1, -0.05) is 37.8 Å². The summed E-state index contributed by atoms with van der Waals surface area (Å²) in [6.07, 6.45) is 5.96. The van der Waals surface area contributed by atoms with Crippen LogP contribution in [-0.4, -0.2) is 39.3 Å². The predicted octanol–water partition coefficient (Wildman–Crippen LogP) is 1.57. The van der Waals surface area contributed by atoms with E-state index in [1.807, 2.05) is 6.92 Å². The van der Waals surface area contributed by atoms with Gasteiger partial charge in [-0.05, 0) is 18.8 Å². The Balaban J connectivity index is 2.01. The summed E-state index contributed by atoms with van der Waals surface area (Å²) in [7, 11) is 1.33. The molecule has 1 saturated carbocycles. The molecule has 0 bridgehead atoms. The Hall–Kier alpha value is -1.43. The highest BCUT2D eigenvalue weighted by Crippen LogP contribution is 2.28. The van der Waals surface area contributed by atoms with Crippen molar-refractivity contribution in [2.75, 3.05) is 7.11 Å². The van der Waals surface area contributed by atoms with Crippen LogP contribution in [0.5, 0.6) is 0 Å². The number of carbonyl (C=O) groups is 1. The van der Waals surface area contributed by atoms with Crippen LogP contribution in [0.25, 0.3) is 0 Å². The molecule has 6 heteroatoms. The molecule has 1 fully saturated rings. The molecule has 0 saturated heterocycles. The van der Waals surface area contributed by atoms with E-state index < -0.39 is 12.1 Å². The van der Waals surface area contributed by atoms with Crippen molar-refractivity contribution in [3.63, 3.8) is 0 Å². The molecule has 0 aromatic carbocycles. The highest BCUT2D eigenvalue weighted by Gasteiger charge is 2.23. The summed E-state index contributed by atoms with van der Waals surface area (Å²) in [5.74, 6) is 0.150. The van der Waals surface area contributed by atoms with Crippen LogP contribution in [0.3, 0.4) is 0 Å². The maximum Gasteiger partial charge on any atom is 0.360 e. The molecular formula is C14H23N3O3. The maximum absolute atomic E-state index is 11.6. The van der Waals surface area contributed by atoms with Gasteiger partial charge in [0.2, 0.25) is 0 Å². The summed E-state index contributed by atoms with van der Waals surface area (Å²) in [6.45, 7) is 2.33. The van der Waals surface area contributed by atoms with Crippen molar-refractivity contribution in [3.8, 4) is 0 Å². The fraction of sp³-hybridized carbons (Fsp3) is 0.786. The quantitative estimate of drug-likeness (QED) is 0.801. The number of methoxy groups -OCH3 is 1. The average molecular weight is 281 g/mol. The third-order valence-electron chi connectivity index (χ3n) is 4.02. The zero-order chi connectivity index (χ0) is 14.5. The highest BCUT2D eigenvalue weighted by atomic mass is 16.5. The summed E-state index contributed by atoms with van der Waals surface area (Å²) in [6, 6.07) is 0. The minimum Gasteiger partial charge on any atom is -0.464 e. The van der Waals surface area contributed by atoms with Gasteiger partial charge in [-0.15, -0.1) is 5.10 Å². The molecule has 20 heavy (non-hydrogen) atoms. The van der Waals surface area contributed by atoms with Crippen LogP contribution in [0.4, 0.5) is 0 Å². The molecule has 0 amide bonds. The third kappa shape index (κ3) is 3.36. The van der Waals surface area contributed by atoms with Crippen molar-refractivity contribution >= 4 is 5.97 Å². The van der Waals surface area contributed by atoms with Crippen molar-refractivity contribution in [2.24, 2.45) is 5.92 Å². The van der Waals surface area contributed by atoms with Gasteiger partial charge >= 0.3 is 5.97 Å². The number of hydrogen-bond donors (Lipinski definition) is 1. The van der Waals surface area contributed by atoms with Crippen molar-refractivity contribution in [1.82, 2.24) is 15.0 Å². The summed E-state index contributed by atoms with van der Waals surface area (Å²) in [5.41, 5.74) is 0.977. The van der Waals surface area contributed by atoms with E-state index in [0.29, 0.717) is 18.9 Å². The lowest BCUT2D eigenvalue weighted by atomic mass is 10.00. The molecule has 1 aliphatic carbocycles. The second kappa shape index (κ2) is 6.83. The molecule has 1 aromatic heterocycles. The molecule has 0 spiro atoms. The van der Waals surface area contributed by atoms with Gasteiger partial charge in [0, 0.05) is 0 Å². The van der Waals surface area contributed by atoms with Crippen LogP contribution in [-0.2, 0) is 17.7 Å². The van der Waals surface area contributed by atoms with E-state index in [4.69, 9.17) is 0 Å². The summed E-state index contributed by atoms with van der Waals surface area (Å²) in [4.78, 5) is 11.6. The lowest BCUT2D eigenvalue weighted by Gasteiger charge is -2.16. The van der Waals surface area contributed by atoms with Crippen LogP contribution >= 0.6 is 0 Å². The number of nitrogens with zero attached hydrogens (tertiary/aromatic N) is 3.